The predicted octanol–water partition coefficient (Wildman–Crippen LogP) is 4.96. The fourth-order valence-corrected chi connectivity index (χ4v) is 5.40. The van der Waals surface area contributed by atoms with Crippen molar-refractivity contribution in [1.82, 2.24) is 4.90 Å². The maximum absolute atomic E-state index is 13.2. The Hall–Kier alpha value is -3.28. The molecule has 0 aliphatic rings. The van der Waals surface area contributed by atoms with Gasteiger partial charge in [-0.3, -0.25) is 9.59 Å². The number of nitrogens with zero attached hydrogens (tertiary/aromatic N) is 1. The Morgan fingerprint density at radius 2 is 1.29 bits per heavy atom. The van der Waals surface area contributed by atoms with Crippen molar-refractivity contribution < 1.29 is 38.1 Å². The highest BCUT2D eigenvalue weighted by Crippen LogP contribution is 2.23. The third-order valence-corrected chi connectivity index (χ3v) is 7.89. The van der Waals surface area contributed by atoms with Gasteiger partial charge in [-0.25, -0.2) is 9.59 Å². The lowest BCUT2D eigenvalue weighted by atomic mass is 10.0. The van der Waals surface area contributed by atoms with Crippen LogP contribution in [0.2, 0.25) is 0 Å². The summed E-state index contributed by atoms with van der Waals surface area (Å²) in [7, 11) is 0. The zero-order chi connectivity index (χ0) is 30.0. The average Bonchev–Trinajstić information content (AvgIpc) is 3.72. The van der Waals surface area contributed by atoms with Crippen LogP contribution in [0.4, 0.5) is 0 Å². The molecule has 0 N–H and O–H groups in total. The SMILES string of the molecule is C=CC(=O)OCC(COC(=O)CCC(CN(CC)CC)C(=O)OCC(COC(=O)C=C)c1ccsc1)c1ccsc1. The molecular weight excluding hydrogens is 566 g/mol. The Balaban J connectivity index is 1.98. The van der Waals surface area contributed by atoms with Gasteiger partial charge in [-0.15, -0.1) is 0 Å². The molecule has 0 spiro atoms. The molecule has 0 saturated heterocycles. The largest absolute Gasteiger partial charge is 0.465 e. The van der Waals surface area contributed by atoms with Gasteiger partial charge in [0.1, 0.15) is 26.4 Å². The van der Waals surface area contributed by atoms with E-state index < -0.39 is 29.8 Å². The third-order valence-electron chi connectivity index (χ3n) is 6.49. The van der Waals surface area contributed by atoms with Crippen LogP contribution < -0.4 is 0 Å². The van der Waals surface area contributed by atoms with Crippen molar-refractivity contribution in [2.75, 3.05) is 46.1 Å². The van der Waals surface area contributed by atoms with Gasteiger partial charge in [0.2, 0.25) is 0 Å². The lowest BCUT2D eigenvalue weighted by Gasteiger charge is -2.25. The molecule has 224 valence electrons. The summed E-state index contributed by atoms with van der Waals surface area (Å²) in [5.41, 5.74) is 1.81. The van der Waals surface area contributed by atoms with Crippen LogP contribution >= 0.6 is 22.7 Å². The standard InChI is InChI=1S/C30H39NO8S2/c1-5-27(32)36-16-25(23-11-13-40-20-23)18-38-29(34)10-9-22(15-31(7-3)8-4)30(35)39-19-26(17-37-28(33)6-2)24-12-14-41-21-24/h5-6,11-14,20-22,25-26H,1-2,7-10,15-19H2,3-4H3. The van der Waals surface area contributed by atoms with Crippen molar-refractivity contribution in [3.63, 3.8) is 0 Å². The monoisotopic (exact) mass is 605 g/mol. The molecule has 2 aromatic heterocycles. The van der Waals surface area contributed by atoms with E-state index in [0.717, 1.165) is 36.4 Å². The molecule has 2 aromatic rings. The summed E-state index contributed by atoms with van der Waals surface area (Å²) < 4.78 is 21.6. The lowest BCUT2D eigenvalue weighted by Crippen LogP contribution is -2.35. The minimum Gasteiger partial charge on any atom is -0.465 e. The van der Waals surface area contributed by atoms with Crippen molar-refractivity contribution in [2.45, 2.75) is 38.5 Å². The first kappa shape index (κ1) is 33.9. The molecule has 2 heterocycles. The molecule has 0 bridgehead atoms. The highest BCUT2D eigenvalue weighted by atomic mass is 32.1. The molecule has 3 atom stereocenters. The smallest absolute Gasteiger partial charge is 0.330 e. The van der Waals surface area contributed by atoms with E-state index in [4.69, 9.17) is 18.9 Å². The molecule has 3 unspecified atom stereocenters. The number of carbonyl (C=O) groups excluding carboxylic acids is 4. The first-order valence-electron chi connectivity index (χ1n) is 13.5. The van der Waals surface area contributed by atoms with Gasteiger partial charge >= 0.3 is 23.9 Å². The summed E-state index contributed by atoms with van der Waals surface area (Å²) in [4.78, 5) is 51.1. The van der Waals surface area contributed by atoms with Crippen LogP contribution in [-0.2, 0) is 38.1 Å². The van der Waals surface area contributed by atoms with Crippen LogP contribution in [0.1, 0.15) is 49.7 Å². The fourth-order valence-electron chi connectivity index (χ4n) is 3.91. The van der Waals surface area contributed by atoms with Crippen molar-refractivity contribution in [1.29, 1.82) is 0 Å². The highest BCUT2D eigenvalue weighted by Gasteiger charge is 2.26. The Labute approximate surface area is 249 Å². The number of rotatable bonds is 20. The Kier molecular flexibility index (Phi) is 15.7. The summed E-state index contributed by atoms with van der Waals surface area (Å²) in [6.07, 6.45) is 2.44. The van der Waals surface area contributed by atoms with Crippen molar-refractivity contribution in [3.8, 4) is 0 Å². The normalized spacial score (nSPS) is 13.0. The van der Waals surface area contributed by atoms with Gasteiger partial charge in [0.15, 0.2) is 0 Å². The molecular formula is C30H39NO8S2. The van der Waals surface area contributed by atoms with Crippen molar-refractivity contribution in [3.05, 3.63) is 70.1 Å². The van der Waals surface area contributed by atoms with Crippen molar-refractivity contribution >= 4 is 46.6 Å². The number of hydrogen-bond acceptors (Lipinski definition) is 11. The van der Waals surface area contributed by atoms with Gasteiger partial charge in [0.05, 0.1) is 17.8 Å². The second-order valence-electron chi connectivity index (χ2n) is 9.21. The molecule has 0 aliphatic heterocycles. The zero-order valence-corrected chi connectivity index (χ0v) is 25.3. The highest BCUT2D eigenvalue weighted by molar-refractivity contribution is 7.08. The second kappa shape index (κ2) is 19.0. The molecule has 11 heteroatoms. The van der Waals surface area contributed by atoms with Crippen LogP contribution in [0.5, 0.6) is 0 Å². The van der Waals surface area contributed by atoms with Gasteiger partial charge in [-0.05, 0) is 64.3 Å². The molecule has 0 radical (unpaired) electrons. The molecule has 0 saturated carbocycles. The first-order valence-corrected chi connectivity index (χ1v) is 15.4. The predicted molar refractivity (Wildman–Crippen MR) is 159 cm³/mol. The average molecular weight is 606 g/mol. The van der Waals surface area contributed by atoms with E-state index in [-0.39, 0.29) is 51.1 Å². The number of hydrogen-bond donors (Lipinski definition) is 0. The van der Waals surface area contributed by atoms with Crippen LogP contribution in [-0.4, -0.2) is 74.8 Å². The summed E-state index contributed by atoms with van der Waals surface area (Å²) in [6, 6.07) is 3.79. The molecule has 0 amide bonds. The number of carbonyl (C=O) groups is 4. The van der Waals surface area contributed by atoms with Gasteiger partial charge in [0, 0.05) is 25.1 Å². The lowest BCUT2D eigenvalue weighted by molar-refractivity contribution is -0.151. The maximum atomic E-state index is 13.2. The van der Waals surface area contributed by atoms with Gasteiger partial charge in [-0.2, -0.15) is 22.7 Å². The quantitative estimate of drug-likeness (QED) is 0.118. The molecule has 41 heavy (non-hydrogen) atoms. The van der Waals surface area contributed by atoms with Crippen LogP contribution in [0.3, 0.4) is 0 Å². The van der Waals surface area contributed by atoms with E-state index in [9.17, 15) is 19.2 Å². The third kappa shape index (κ3) is 12.4. The molecule has 9 nitrogen and oxygen atoms in total. The van der Waals surface area contributed by atoms with Gasteiger partial charge < -0.3 is 23.8 Å². The molecule has 0 aromatic carbocycles. The van der Waals surface area contributed by atoms with Crippen LogP contribution in [0.25, 0.3) is 0 Å². The fraction of sp³-hybridized carbons (Fsp3) is 0.467. The topological polar surface area (TPSA) is 108 Å². The van der Waals surface area contributed by atoms with E-state index in [1.54, 1.807) is 0 Å². The Bertz CT molecular complexity index is 1100. The van der Waals surface area contributed by atoms with E-state index >= 15 is 0 Å². The van der Waals surface area contributed by atoms with E-state index in [1.165, 1.54) is 22.7 Å². The summed E-state index contributed by atoms with van der Waals surface area (Å²) in [5, 5.41) is 7.64. The number of thiophene rings is 2. The first-order chi connectivity index (χ1) is 19.8. The number of ether oxygens (including phenoxy) is 4. The summed E-state index contributed by atoms with van der Waals surface area (Å²) in [6.45, 7) is 12.9. The zero-order valence-electron chi connectivity index (χ0n) is 23.7. The molecule has 0 fully saturated rings. The van der Waals surface area contributed by atoms with E-state index in [1.807, 2.05) is 47.5 Å². The second-order valence-corrected chi connectivity index (χ2v) is 10.8. The molecule has 2 rings (SSSR count). The summed E-state index contributed by atoms with van der Waals surface area (Å²) in [5.74, 6) is -3.16. The summed E-state index contributed by atoms with van der Waals surface area (Å²) >= 11 is 2.99. The molecule has 0 aliphatic carbocycles. The minimum atomic E-state index is -0.553. The van der Waals surface area contributed by atoms with Gasteiger partial charge in [-0.1, -0.05) is 27.0 Å². The van der Waals surface area contributed by atoms with E-state index in [0.29, 0.717) is 6.54 Å². The van der Waals surface area contributed by atoms with E-state index in [2.05, 4.69) is 18.1 Å². The minimum absolute atomic E-state index is 0.0226. The Morgan fingerprint density at radius 1 is 0.805 bits per heavy atom. The number of esters is 4. The van der Waals surface area contributed by atoms with Crippen LogP contribution in [0.15, 0.2) is 59.0 Å². The van der Waals surface area contributed by atoms with Crippen molar-refractivity contribution in [2.24, 2.45) is 5.92 Å². The van der Waals surface area contributed by atoms with Gasteiger partial charge in [0.25, 0.3) is 0 Å². The Morgan fingerprint density at radius 3 is 1.73 bits per heavy atom. The maximum Gasteiger partial charge on any atom is 0.330 e. The van der Waals surface area contributed by atoms with Crippen LogP contribution in [0, 0.1) is 5.92 Å².